The zero-order chi connectivity index (χ0) is 14.4. The van der Waals surface area contributed by atoms with Gasteiger partial charge in [0.05, 0.1) is 22.1 Å². The molecule has 2 heterocycles. The number of nitrogens with zero attached hydrogens (tertiary/aromatic N) is 1. The molecule has 0 aromatic heterocycles. The largest absolute Gasteiger partial charge is 0.508 e. The Labute approximate surface area is 126 Å². The quantitative estimate of drug-likeness (QED) is 0.758. The number of nitrogens with two attached hydrogens (primary N) is 1. The third-order valence-electron chi connectivity index (χ3n) is 4.08. The van der Waals surface area contributed by atoms with Crippen molar-refractivity contribution in [3.63, 3.8) is 0 Å². The SMILES string of the molecule is NC1C(=O)N(C2CNC2)CC1c1c(O)ccc(Cl)c1Cl. The predicted molar refractivity (Wildman–Crippen MR) is 77.2 cm³/mol. The molecule has 4 N–H and O–H groups in total. The third-order valence-corrected chi connectivity index (χ3v) is 4.90. The van der Waals surface area contributed by atoms with Gasteiger partial charge in [-0.3, -0.25) is 4.79 Å². The first-order valence-electron chi connectivity index (χ1n) is 6.44. The molecule has 1 aromatic carbocycles. The second-order valence-electron chi connectivity index (χ2n) is 5.23. The number of benzene rings is 1. The van der Waals surface area contributed by atoms with Crippen LogP contribution in [0.1, 0.15) is 11.5 Å². The average Bonchev–Trinajstić information content (AvgIpc) is 2.62. The summed E-state index contributed by atoms with van der Waals surface area (Å²) in [5, 5.41) is 13.8. The Bertz CT molecular complexity index is 563. The van der Waals surface area contributed by atoms with Gasteiger partial charge in [0.1, 0.15) is 5.75 Å². The number of carbonyl (C=O) groups excluding carboxylic acids is 1. The minimum Gasteiger partial charge on any atom is -0.508 e. The lowest BCUT2D eigenvalue weighted by atomic mass is 9.93. The van der Waals surface area contributed by atoms with E-state index in [1.807, 2.05) is 0 Å². The number of hydrogen-bond acceptors (Lipinski definition) is 4. The van der Waals surface area contributed by atoms with E-state index in [2.05, 4.69) is 5.32 Å². The monoisotopic (exact) mass is 315 g/mol. The fraction of sp³-hybridized carbons (Fsp3) is 0.462. The summed E-state index contributed by atoms with van der Waals surface area (Å²) in [7, 11) is 0. The molecule has 2 aliphatic heterocycles. The maximum absolute atomic E-state index is 12.2. The van der Waals surface area contributed by atoms with Crippen LogP contribution >= 0.6 is 23.2 Å². The second-order valence-corrected chi connectivity index (χ2v) is 6.01. The van der Waals surface area contributed by atoms with Gasteiger partial charge in [0.2, 0.25) is 5.91 Å². The Morgan fingerprint density at radius 2 is 2.05 bits per heavy atom. The average molecular weight is 316 g/mol. The summed E-state index contributed by atoms with van der Waals surface area (Å²) in [5.41, 5.74) is 6.49. The van der Waals surface area contributed by atoms with Crippen LogP contribution in [-0.2, 0) is 4.79 Å². The molecule has 2 aliphatic rings. The van der Waals surface area contributed by atoms with Crippen LogP contribution in [0.25, 0.3) is 0 Å². The summed E-state index contributed by atoms with van der Waals surface area (Å²) in [6.07, 6.45) is 0. The van der Waals surface area contributed by atoms with Crippen molar-refractivity contribution in [1.29, 1.82) is 0 Å². The van der Waals surface area contributed by atoms with Crippen LogP contribution in [0.3, 0.4) is 0 Å². The summed E-state index contributed by atoms with van der Waals surface area (Å²) in [4.78, 5) is 14.0. The van der Waals surface area contributed by atoms with E-state index in [0.717, 1.165) is 13.1 Å². The van der Waals surface area contributed by atoms with E-state index in [4.69, 9.17) is 28.9 Å². The summed E-state index contributed by atoms with van der Waals surface area (Å²) in [5.74, 6) is -0.410. The maximum atomic E-state index is 12.2. The standard InChI is InChI=1S/C13H15Cl2N3O2/c14-8-1-2-9(19)10(11(8)15)7-5-18(6-3-17-4-6)13(20)12(7)16/h1-2,6-7,12,17,19H,3-5,16H2. The molecule has 7 heteroatoms. The van der Waals surface area contributed by atoms with Crippen molar-refractivity contribution in [2.45, 2.75) is 18.0 Å². The molecule has 1 aromatic rings. The predicted octanol–water partition coefficient (Wildman–Crippen LogP) is 0.924. The Hall–Kier alpha value is -1.01. The Kier molecular flexibility index (Phi) is 3.54. The molecule has 3 rings (SSSR count). The zero-order valence-corrected chi connectivity index (χ0v) is 12.2. The zero-order valence-electron chi connectivity index (χ0n) is 10.6. The summed E-state index contributed by atoms with van der Waals surface area (Å²) < 4.78 is 0. The van der Waals surface area contributed by atoms with E-state index >= 15 is 0 Å². The van der Waals surface area contributed by atoms with E-state index in [1.54, 1.807) is 4.90 Å². The van der Waals surface area contributed by atoms with Gasteiger partial charge in [-0.05, 0) is 12.1 Å². The molecule has 2 atom stereocenters. The molecule has 1 amide bonds. The number of hydrogen-bond donors (Lipinski definition) is 3. The van der Waals surface area contributed by atoms with Gasteiger partial charge in [0, 0.05) is 31.1 Å². The number of phenolic OH excluding ortho intramolecular Hbond substituents is 1. The molecule has 0 saturated carbocycles. The van der Waals surface area contributed by atoms with Gasteiger partial charge < -0.3 is 21.1 Å². The summed E-state index contributed by atoms with van der Waals surface area (Å²) >= 11 is 12.2. The number of likely N-dealkylation sites (tertiary alicyclic amines) is 1. The van der Waals surface area contributed by atoms with Crippen LogP contribution in [0.5, 0.6) is 5.75 Å². The lowest BCUT2D eigenvalue weighted by Crippen LogP contribution is -2.58. The lowest BCUT2D eigenvalue weighted by Gasteiger charge is -2.35. The first-order valence-corrected chi connectivity index (χ1v) is 7.20. The highest BCUT2D eigenvalue weighted by Gasteiger charge is 2.44. The van der Waals surface area contributed by atoms with Crippen molar-refractivity contribution < 1.29 is 9.90 Å². The number of phenols is 1. The Morgan fingerprint density at radius 1 is 1.35 bits per heavy atom. The molecule has 0 radical (unpaired) electrons. The topological polar surface area (TPSA) is 78.6 Å². The maximum Gasteiger partial charge on any atom is 0.240 e. The molecular weight excluding hydrogens is 301 g/mol. The highest BCUT2D eigenvalue weighted by molar-refractivity contribution is 6.42. The number of nitrogens with one attached hydrogen (secondary N) is 1. The van der Waals surface area contributed by atoms with Gasteiger partial charge in [-0.1, -0.05) is 23.2 Å². The van der Waals surface area contributed by atoms with Crippen LogP contribution in [0.2, 0.25) is 10.0 Å². The molecule has 2 unspecified atom stereocenters. The van der Waals surface area contributed by atoms with Crippen LogP contribution in [0.15, 0.2) is 12.1 Å². The van der Waals surface area contributed by atoms with Gasteiger partial charge in [-0.2, -0.15) is 0 Å². The molecule has 20 heavy (non-hydrogen) atoms. The normalized spacial score (nSPS) is 26.9. The number of halogens is 2. The van der Waals surface area contributed by atoms with Crippen molar-refractivity contribution in [2.24, 2.45) is 5.73 Å². The van der Waals surface area contributed by atoms with Gasteiger partial charge in [0.15, 0.2) is 0 Å². The van der Waals surface area contributed by atoms with Crippen LogP contribution in [0.4, 0.5) is 0 Å². The summed E-state index contributed by atoms with van der Waals surface area (Å²) in [6, 6.07) is 2.49. The van der Waals surface area contributed by atoms with Gasteiger partial charge in [-0.25, -0.2) is 0 Å². The van der Waals surface area contributed by atoms with E-state index in [0.29, 0.717) is 17.1 Å². The van der Waals surface area contributed by atoms with Crippen molar-refractivity contribution >= 4 is 29.1 Å². The number of rotatable bonds is 2. The van der Waals surface area contributed by atoms with E-state index in [-0.39, 0.29) is 28.6 Å². The molecular formula is C13H15Cl2N3O2. The van der Waals surface area contributed by atoms with Crippen molar-refractivity contribution in [3.8, 4) is 5.75 Å². The van der Waals surface area contributed by atoms with Crippen LogP contribution in [0, 0.1) is 0 Å². The smallest absolute Gasteiger partial charge is 0.240 e. The van der Waals surface area contributed by atoms with E-state index in [9.17, 15) is 9.90 Å². The fourth-order valence-electron chi connectivity index (χ4n) is 2.78. The van der Waals surface area contributed by atoms with Crippen LogP contribution in [-0.4, -0.2) is 47.6 Å². The fourth-order valence-corrected chi connectivity index (χ4v) is 3.25. The van der Waals surface area contributed by atoms with E-state index < -0.39 is 6.04 Å². The van der Waals surface area contributed by atoms with Crippen LogP contribution < -0.4 is 11.1 Å². The second kappa shape index (κ2) is 5.07. The van der Waals surface area contributed by atoms with Gasteiger partial charge >= 0.3 is 0 Å². The lowest BCUT2D eigenvalue weighted by molar-refractivity contribution is -0.131. The molecule has 0 bridgehead atoms. The van der Waals surface area contributed by atoms with Crippen molar-refractivity contribution in [2.75, 3.05) is 19.6 Å². The molecule has 2 saturated heterocycles. The molecule has 5 nitrogen and oxygen atoms in total. The first-order chi connectivity index (χ1) is 9.50. The Balaban J connectivity index is 1.95. The minimum absolute atomic E-state index is 0.0289. The molecule has 0 aliphatic carbocycles. The number of amides is 1. The van der Waals surface area contributed by atoms with Gasteiger partial charge in [0.25, 0.3) is 0 Å². The molecule has 108 valence electrons. The third kappa shape index (κ3) is 2.05. The number of aromatic hydroxyl groups is 1. The highest BCUT2D eigenvalue weighted by Crippen LogP contribution is 2.41. The van der Waals surface area contributed by atoms with Gasteiger partial charge in [-0.15, -0.1) is 0 Å². The number of carbonyl (C=O) groups is 1. The van der Waals surface area contributed by atoms with Crippen molar-refractivity contribution in [3.05, 3.63) is 27.7 Å². The van der Waals surface area contributed by atoms with E-state index in [1.165, 1.54) is 12.1 Å². The Morgan fingerprint density at radius 3 is 2.65 bits per heavy atom. The minimum atomic E-state index is -0.697. The molecule has 0 spiro atoms. The summed E-state index contributed by atoms with van der Waals surface area (Å²) in [6.45, 7) is 2.01. The first kappa shape index (κ1) is 13.9. The molecule has 2 fully saturated rings. The van der Waals surface area contributed by atoms with Crippen molar-refractivity contribution in [1.82, 2.24) is 10.2 Å². The highest BCUT2D eigenvalue weighted by atomic mass is 35.5.